The molecule has 6 nitrogen and oxygen atoms in total. The molecule has 0 aliphatic carbocycles. The molecular weight excluding hydrogens is 354 g/mol. The van der Waals surface area contributed by atoms with Crippen LogP contribution in [0.15, 0.2) is 24.3 Å². The molecule has 0 radical (unpaired) electrons. The van der Waals surface area contributed by atoms with Crippen LogP contribution in [-0.4, -0.2) is 55.4 Å². The van der Waals surface area contributed by atoms with E-state index < -0.39 is 27.8 Å². The Morgan fingerprint density at radius 3 is 2.58 bits per heavy atom. The number of esters is 1. The molecule has 132 valence electrons. The number of benzene rings is 1. The van der Waals surface area contributed by atoms with Crippen molar-refractivity contribution >= 4 is 33.3 Å². The third-order valence-corrected chi connectivity index (χ3v) is 6.08. The van der Waals surface area contributed by atoms with Crippen LogP contribution in [0.3, 0.4) is 0 Å². The molecule has 1 aliphatic heterocycles. The number of ether oxygens (including phenoxy) is 1. The standard InChI is InChI=1S/C16H20ClNO5S/c1-3-18(12-8-9-24(21,22)10-12)15(19)11(2)23-16(20)13-6-4-5-7-14(13)17/h4-7,11-12H,3,8-10H2,1-2H3/t11-,12+/m0/s1. The molecule has 1 aromatic carbocycles. The van der Waals surface area contributed by atoms with E-state index in [9.17, 15) is 18.0 Å². The number of sulfone groups is 1. The summed E-state index contributed by atoms with van der Waals surface area (Å²) < 4.78 is 28.4. The van der Waals surface area contributed by atoms with Crippen LogP contribution < -0.4 is 0 Å². The average Bonchev–Trinajstić information content (AvgIpc) is 2.88. The highest BCUT2D eigenvalue weighted by molar-refractivity contribution is 7.91. The topological polar surface area (TPSA) is 80.8 Å². The number of likely N-dealkylation sites (N-methyl/N-ethyl adjacent to an activating group) is 1. The van der Waals surface area contributed by atoms with Gasteiger partial charge >= 0.3 is 5.97 Å². The first-order chi connectivity index (χ1) is 11.2. The van der Waals surface area contributed by atoms with Crippen molar-refractivity contribution in [2.24, 2.45) is 0 Å². The van der Waals surface area contributed by atoms with Gasteiger partial charge in [-0.3, -0.25) is 4.79 Å². The summed E-state index contributed by atoms with van der Waals surface area (Å²) >= 11 is 5.94. The summed E-state index contributed by atoms with van der Waals surface area (Å²) in [5.74, 6) is -1.05. The minimum atomic E-state index is -3.10. The molecule has 8 heteroatoms. The Hall–Kier alpha value is -1.60. The first-order valence-electron chi connectivity index (χ1n) is 7.71. The van der Waals surface area contributed by atoms with Gasteiger partial charge in [0.15, 0.2) is 15.9 Å². The van der Waals surface area contributed by atoms with Crippen LogP contribution in [0.5, 0.6) is 0 Å². The fourth-order valence-electron chi connectivity index (χ4n) is 2.75. The highest BCUT2D eigenvalue weighted by atomic mass is 35.5. The summed E-state index contributed by atoms with van der Waals surface area (Å²) in [5.41, 5.74) is 0.185. The zero-order valence-corrected chi connectivity index (χ0v) is 15.1. The molecular formula is C16H20ClNO5S. The summed E-state index contributed by atoms with van der Waals surface area (Å²) in [6, 6.07) is 6.05. The van der Waals surface area contributed by atoms with Gasteiger partial charge in [0, 0.05) is 12.6 Å². The van der Waals surface area contributed by atoms with Crippen molar-refractivity contribution in [3.8, 4) is 0 Å². The van der Waals surface area contributed by atoms with E-state index >= 15 is 0 Å². The summed E-state index contributed by atoms with van der Waals surface area (Å²) in [7, 11) is -3.10. The number of nitrogens with zero attached hydrogens (tertiary/aromatic N) is 1. The number of halogens is 1. The van der Waals surface area contributed by atoms with Crippen LogP contribution >= 0.6 is 11.6 Å². The fraction of sp³-hybridized carbons (Fsp3) is 0.500. The number of amides is 1. The molecule has 0 saturated carbocycles. The molecule has 1 fully saturated rings. The number of carbonyl (C=O) groups excluding carboxylic acids is 2. The van der Waals surface area contributed by atoms with Crippen molar-refractivity contribution in [2.75, 3.05) is 18.1 Å². The van der Waals surface area contributed by atoms with Gasteiger partial charge in [-0.1, -0.05) is 23.7 Å². The lowest BCUT2D eigenvalue weighted by molar-refractivity contribution is -0.141. The van der Waals surface area contributed by atoms with Crippen molar-refractivity contribution < 1.29 is 22.7 Å². The smallest absolute Gasteiger partial charge is 0.340 e. The van der Waals surface area contributed by atoms with Crippen LogP contribution in [0, 0.1) is 0 Å². The first-order valence-corrected chi connectivity index (χ1v) is 9.91. The molecule has 0 bridgehead atoms. The van der Waals surface area contributed by atoms with E-state index in [4.69, 9.17) is 16.3 Å². The van der Waals surface area contributed by atoms with E-state index in [0.717, 1.165) is 0 Å². The fourth-order valence-corrected chi connectivity index (χ4v) is 4.69. The predicted octanol–water partition coefficient (Wildman–Crippen LogP) is 1.92. The molecule has 0 aromatic heterocycles. The van der Waals surface area contributed by atoms with E-state index in [2.05, 4.69) is 0 Å². The lowest BCUT2D eigenvalue weighted by atomic mass is 10.2. The van der Waals surface area contributed by atoms with Gasteiger partial charge in [-0.05, 0) is 32.4 Å². The van der Waals surface area contributed by atoms with Crippen molar-refractivity contribution in [3.63, 3.8) is 0 Å². The molecule has 2 rings (SSSR count). The molecule has 1 aliphatic rings. The van der Waals surface area contributed by atoms with E-state index in [1.54, 1.807) is 25.1 Å². The molecule has 1 aromatic rings. The largest absolute Gasteiger partial charge is 0.449 e. The number of hydrogen-bond donors (Lipinski definition) is 0. The lowest BCUT2D eigenvalue weighted by Crippen LogP contribution is -2.46. The van der Waals surface area contributed by atoms with E-state index in [-0.39, 0.29) is 28.1 Å². The normalized spacial score (nSPS) is 20.4. The maximum atomic E-state index is 12.5. The monoisotopic (exact) mass is 373 g/mol. The third-order valence-electron chi connectivity index (χ3n) is 4.00. The predicted molar refractivity (Wildman–Crippen MR) is 90.8 cm³/mol. The second kappa shape index (κ2) is 7.53. The van der Waals surface area contributed by atoms with E-state index in [0.29, 0.717) is 13.0 Å². The molecule has 24 heavy (non-hydrogen) atoms. The van der Waals surface area contributed by atoms with Crippen LogP contribution in [0.4, 0.5) is 0 Å². The summed E-state index contributed by atoms with van der Waals surface area (Å²) in [6.07, 6.45) is -0.607. The van der Waals surface area contributed by atoms with Crippen molar-refractivity contribution in [1.29, 1.82) is 0 Å². The van der Waals surface area contributed by atoms with E-state index in [1.165, 1.54) is 17.9 Å². The van der Waals surface area contributed by atoms with E-state index in [1.807, 2.05) is 0 Å². The van der Waals surface area contributed by atoms with Gasteiger partial charge in [0.1, 0.15) is 0 Å². The van der Waals surface area contributed by atoms with Gasteiger partial charge in [0.25, 0.3) is 5.91 Å². The molecule has 1 heterocycles. The summed E-state index contributed by atoms with van der Waals surface area (Å²) in [5, 5.41) is 0.247. The Bertz CT molecular complexity index is 734. The molecule has 0 spiro atoms. The second-order valence-electron chi connectivity index (χ2n) is 5.71. The zero-order valence-electron chi connectivity index (χ0n) is 13.6. The van der Waals surface area contributed by atoms with Crippen LogP contribution in [0.25, 0.3) is 0 Å². The van der Waals surface area contributed by atoms with Gasteiger partial charge in [0.05, 0.1) is 22.1 Å². The van der Waals surface area contributed by atoms with Gasteiger partial charge in [0.2, 0.25) is 0 Å². The molecule has 0 unspecified atom stereocenters. The Labute approximate surface area is 146 Å². The first kappa shape index (κ1) is 18.7. The Morgan fingerprint density at radius 2 is 2.04 bits per heavy atom. The van der Waals surface area contributed by atoms with Crippen LogP contribution in [0.1, 0.15) is 30.6 Å². The van der Waals surface area contributed by atoms with Crippen LogP contribution in [0.2, 0.25) is 5.02 Å². The average molecular weight is 374 g/mol. The number of rotatable bonds is 5. The quantitative estimate of drug-likeness (QED) is 0.736. The highest BCUT2D eigenvalue weighted by Crippen LogP contribution is 2.20. The summed E-state index contributed by atoms with van der Waals surface area (Å²) in [4.78, 5) is 26.2. The van der Waals surface area contributed by atoms with Crippen LogP contribution in [-0.2, 0) is 19.4 Å². The van der Waals surface area contributed by atoms with Gasteiger partial charge in [-0.15, -0.1) is 0 Å². The SMILES string of the molecule is CCN(C(=O)[C@H](C)OC(=O)c1ccccc1Cl)[C@@H]1CCS(=O)(=O)C1. The number of hydrogen-bond acceptors (Lipinski definition) is 5. The summed E-state index contributed by atoms with van der Waals surface area (Å²) in [6.45, 7) is 3.60. The van der Waals surface area contributed by atoms with Gasteiger partial charge in [-0.25, -0.2) is 13.2 Å². The molecule has 1 saturated heterocycles. The van der Waals surface area contributed by atoms with Crippen molar-refractivity contribution in [3.05, 3.63) is 34.9 Å². The molecule has 0 N–H and O–H groups in total. The Kier molecular flexibility index (Phi) is 5.87. The van der Waals surface area contributed by atoms with Gasteiger partial charge < -0.3 is 9.64 Å². The maximum absolute atomic E-state index is 12.5. The van der Waals surface area contributed by atoms with Crippen molar-refractivity contribution in [2.45, 2.75) is 32.4 Å². The Morgan fingerprint density at radius 1 is 1.38 bits per heavy atom. The highest BCUT2D eigenvalue weighted by Gasteiger charge is 2.36. The minimum Gasteiger partial charge on any atom is -0.449 e. The lowest BCUT2D eigenvalue weighted by Gasteiger charge is -2.29. The molecule has 2 atom stereocenters. The zero-order chi connectivity index (χ0) is 17.9. The second-order valence-corrected chi connectivity index (χ2v) is 8.34. The minimum absolute atomic E-state index is 0.0439. The van der Waals surface area contributed by atoms with Gasteiger partial charge in [-0.2, -0.15) is 0 Å². The number of carbonyl (C=O) groups is 2. The maximum Gasteiger partial charge on any atom is 0.340 e. The Balaban J connectivity index is 2.05. The third kappa shape index (κ3) is 4.27. The molecule has 1 amide bonds. The van der Waals surface area contributed by atoms with Crippen molar-refractivity contribution in [1.82, 2.24) is 4.90 Å².